The van der Waals surface area contributed by atoms with Gasteiger partial charge in [-0.05, 0) is 55.9 Å². The SMILES string of the molecule is Cc1cc(N)cc(C)c1NC(=O)C(C)C1CC1. The van der Waals surface area contributed by atoms with Crippen molar-refractivity contribution in [1.29, 1.82) is 0 Å². The molecule has 0 radical (unpaired) electrons. The van der Waals surface area contributed by atoms with Crippen LogP contribution >= 0.6 is 0 Å². The minimum atomic E-state index is 0.117. The molecule has 0 aliphatic heterocycles. The van der Waals surface area contributed by atoms with Crippen molar-refractivity contribution in [3.63, 3.8) is 0 Å². The van der Waals surface area contributed by atoms with Gasteiger partial charge in [0.2, 0.25) is 5.91 Å². The van der Waals surface area contributed by atoms with Crippen molar-refractivity contribution >= 4 is 17.3 Å². The highest BCUT2D eigenvalue weighted by Crippen LogP contribution is 2.37. The lowest BCUT2D eigenvalue weighted by Gasteiger charge is -2.15. The van der Waals surface area contributed by atoms with Gasteiger partial charge in [0, 0.05) is 17.3 Å². The fraction of sp³-hybridized carbons (Fsp3) is 0.500. The highest BCUT2D eigenvalue weighted by molar-refractivity contribution is 5.94. The van der Waals surface area contributed by atoms with Crippen LogP contribution in [0.1, 0.15) is 30.9 Å². The zero-order valence-corrected chi connectivity index (χ0v) is 10.7. The summed E-state index contributed by atoms with van der Waals surface area (Å²) in [6.45, 7) is 5.95. The first kappa shape index (κ1) is 12.0. The molecule has 3 N–H and O–H groups in total. The molecule has 1 aliphatic carbocycles. The predicted molar refractivity (Wildman–Crippen MR) is 70.8 cm³/mol. The number of nitrogens with two attached hydrogens (primary N) is 1. The van der Waals surface area contributed by atoms with E-state index in [-0.39, 0.29) is 11.8 Å². The van der Waals surface area contributed by atoms with Gasteiger partial charge in [-0.3, -0.25) is 4.79 Å². The van der Waals surface area contributed by atoms with Crippen LogP contribution in [0.5, 0.6) is 0 Å². The molecule has 1 aromatic rings. The maximum Gasteiger partial charge on any atom is 0.227 e. The third-order valence-electron chi connectivity index (χ3n) is 3.55. The van der Waals surface area contributed by atoms with Gasteiger partial charge < -0.3 is 11.1 Å². The summed E-state index contributed by atoms with van der Waals surface area (Å²) in [4.78, 5) is 12.0. The quantitative estimate of drug-likeness (QED) is 0.787. The molecule has 92 valence electrons. The first-order valence-corrected chi connectivity index (χ1v) is 6.16. The summed E-state index contributed by atoms with van der Waals surface area (Å²) < 4.78 is 0. The highest BCUT2D eigenvalue weighted by Gasteiger charge is 2.32. The predicted octanol–water partition coefficient (Wildman–Crippen LogP) is 2.87. The number of carbonyl (C=O) groups excluding carboxylic acids is 1. The summed E-state index contributed by atoms with van der Waals surface area (Å²) in [6.07, 6.45) is 2.38. The van der Waals surface area contributed by atoms with E-state index in [1.54, 1.807) is 0 Å². The molecule has 1 saturated carbocycles. The number of benzene rings is 1. The summed E-state index contributed by atoms with van der Waals surface area (Å²) in [5, 5.41) is 3.03. The number of hydrogen-bond donors (Lipinski definition) is 2. The Morgan fingerprint density at radius 1 is 1.35 bits per heavy atom. The number of nitrogen functional groups attached to an aromatic ring is 1. The van der Waals surface area contributed by atoms with Crippen LogP contribution < -0.4 is 11.1 Å². The average molecular weight is 232 g/mol. The second-order valence-corrected chi connectivity index (χ2v) is 5.15. The van der Waals surface area contributed by atoms with E-state index in [4.69, 9.17) is 5.73 Å². The van der Waals surface area contributed by atoms with Gasteiger partial charge in [-0.25, -0.2) is 0 Å². The van der Waals surface area contributed by atoms with Crippen LogP contribution in [-0.2, 0) is 4.79 Å². The van der Waals surface area contributed by atoms with Gasteiger partial charge in [0.15, 0.2) is 0 Å². The van der Waals surface area contributed by atoms with Crippen LogP contribution in [0.4, 0.5) is 11.4 Å². The van der Waals surface area contributed by atoms with Gasteiger partial charge in [0.25, 0.3) is 0 Å². The number of hydrogen-bond acceptors (Lipinski definition) is 2. The van der Waals surface area contributed by atoms with Gasteiger partial charge >= 0.3 is 0 Å². The van der Waals surface area contributed by atoms with E-state index in [9.17, 15) is 4.79 Å². The van der Waals surface area contributed by atoms with Crippen LogP contribution in [0.2, 0.25) is 0 Å². The summed E-state index contributed by atoms with van der Waals surface area (Å²) >= 11 is 0. The number of aryl methyl sites for hydroxylation is 2. The molecular formula is C14H20N2O. The van der Waals surface area contributed by atoms with Gasteiger partial charge in [-0.2, -0.15) is 0 Å². The molecule has 1 atom stereocenters. The fourth-order valence-corrected chi connectivity index (χ4v) is 2.24. The number of rotatable bonds is 3. The second kappa shape index (κ2) is 4.40. The minimum absolute atomic E-state index is 0.117. The first-order chi connectivity index (χ1) is 7.99. The second-order valence-electron chi connectivity index (χ2n) is 5.15. The van der Waals surface area contributed by atoms with E-state index in [1.165, 1.54) is 12.8 Å². The Kier molecular flexibility index (Phi) is 3.09. The summed E-state index contributed by atoms with van der Waals surface area (Å²) in [5.41, 5.74) is 9.48. The van der Waals surface area contributed by atoms with E-state index >= 15 is 0 Å². The number of amides is 1. The van der Waals surface area contributed by atoms with Crippen molar-refractivity contribution in [2.75, 3.05) is 11.1 Å². The molecule has 1 unspecified atom stereocenters. The zero-order valence-electron chi connectivity index (χ0n) is 10.7. The molecule has 17 heavy (non-hydrogen) atoms. The molecule has 3 nitrogen and oxygen atoms in total. The van der Waals surface area contributed by atoms with E-state index in [0.717, 1.165) is 22.5 Å². The molecule has 0 spiro atoms. The number of carbonyl (C=O) groups is 1. The number of anilines is 2. The topological polar surface area (TPSA) is 55.1 Å². The Morgan fingerprint density at radius 2 is 1.88 bits per heavy atom. The number of nitrogens with one attached hydrogen (secondary N) is 1. The third-order valence-corrected chi connectivity index (χ3v) is 3.55. The van der Waals surface area contributed by atoms with E-state index in [0.29, 0.717) is 5.92 Å². The molecule has 0 heterocycles. The molecule has 0 aromatic heterocycles. The van der Waals surface area contributed by atoms with Gasteiger partial charge in [-0.15, -0.1) is 0 Å². The normalized spacial score (nSPS) is 16.6. The molecule has 0 bridgehead atoms. The fourth-order valence-electron chi connectivity index (χ4n) is 2.24. The maximum absolute atomic E-state index is 12.0. The zero-order chi connectivity index (χ0) is 12.6. The van der Waals surface area contributed by atoms with Gasteiger partial charge in [0.1, 0.15) is 0 Å². The van der Waals surface area contributed by atoms with Crippen molar-refractivity contribution < 1.29 is 4.79 Å². The van der Waals surface area contributed by atoms with Crippen LogP contribution in [0.3, 0.4) is 0 Å². The Labute approximate surface area is 102 Å². The van der Waals surface area contributed by atoms with Crippen molar-refractivity contribution in [2.45, 2.75) is 33.6 Å². The van der Waals surface area contributed by atoms with Gasteiger partial charge in [0.05, 0.1) is 0 Å². The Hall–Kier alpha value is -1.51. The lowest BCUT2D eigenvalue weighted by atomic mass is 10.0. The molecular weight excluding hydrogens is 212 g/mol. The van der Waals surface area contributed by atoms with Crippen molar-refractivity contribution in [2.24, 2.45) is 11.8 Å². The average Bonchev–Trinajstić information content (AvgIpc) is 3.05. The van der Waals surface area contributed by atoms with E-state index in [1.807, 2.05) is 32.9 Å². The third kappa shape index (κ3) is 2.60. The lowest BCUT2D eigenvalue weighted by molar-refractivity contribution is -0.119. The molecule has 3 heteroatoms. The van der Waals surface area contributed by atoms with E-state index < -0.39 is 0 Å². The lowest BCUT2D eigenvalue weighted by Crippen LogP contribution is -2.22. The monoisotopic (exact) mass is 232 g/mol. The maximum atomic E-state index is 12.0. The molecule has 1 fully saturated rings. The molecule has 1 aromatic carbocycles. The Balaban J connectivity index is 2.15. The van der Waals surface area contributed by atoms with Crippen LogP contribution in [0.25, 0.3) is 0 Å². The highest BCUT2D eigenvalue weighted by atomic mass is 16.1. The molecule has 2 rings (SSSR count). The molecule has 1 amide bonds. The van der Waals surface area contributed by atoms with Crippen molar-refractivity contribution in [1.82, 2.24) is 0 Å². The minimum Gasteiger partial charge on any atom is -0.399 e. The van der Waals surface area contributed by atoms with Crippen LogP contribution in [-0.4, -0.2) is 5.91 Å². The van der Waals surface area contributed by atoms with Crippen molar-refractivity contribution in [3.05, 3.63) is 23.3 Å². The van der Waals surface area contributed by atoms with Crippen LogP contribution in [0, 0.1) is 25.7 Å². The summed E-state index contributed by atoms with van der Waals surface area (Å²) in [6, 6.07) is 3.79. The first-order valence-electron chi connectivity index (χ1n) is 6.16. The smallest absolute Gasteiger partial charge is 0.227 e. The molecule has 0 saturated heterocycles. The summed E-state index contributed by atoms with van der Waals surface area (Å²) in [5.74, 6) is 0.833. The largest absolute Gasteiger partial charge is 0.399 e. The Bertz CT molecular complexity index is 427. The van der Waals surface area contributed by atoms with Crippen LogP contribution in [0.15, 0.2) is 12.1 Å². The molecule has 1 aliphatic rings. The summed E-state index contributed by atoms with van der Waals surface area (Å²) in [7, 11) is 0. The van der Waals surface area contributed by atoms with Gasteiger partial charge in [-0.1, -0.05) is 6.92 Å². The van der Waals surface area contributed by atoms with E-state index in [2.05, 4.69) is 5.32 Å². The van der Waals surface area contributed by atoms with Crippen molar-refractivity contribution in [3.8, 4) is 0 Å². The Morgan fingerprint density at radius 3 is 2.35 bits per heavy atom. The standard InChI is InChI=1S/C14H20N2O/c1-8-6-12(15)7-9(2)13(8)16-14(17)10(3)11-4-5-11/h6-7,10-11H,4-5,15H2,1-3H3,(H,16,17).